The summed E-state index contributed by atoms with van der Waals surface area (Å²) in [6.07, 6.45) is 0.882. The van der Waals surface area contributed by atoms with Gasteiger partial charge in [0.1, 0.15) is 17.6 Å². The Bertz CT molecular complexity index is 955. The van der Waals surface area contributed by atoms with Crippen LogP contribution in [0.4, 0.5) is 5.69 Å². The molecule has 0 fully saturated rings. The summed E-state index contributed by atoms with van der Waals surface area (Å²) in [5, 5.41) is 2.82. The highest BCUT2D eigenvalue weighted by Gasteiger charge is 2.23. The number of rotatable bonds is 6. The Morgan fingerprint density at radius 1 is 1.26 bits per heavy atom. The number of hydrogen-bond donors (Lipinski definition) is 2. The number of nitrogens with one attached hydrogen (secondary N) is 2. The van der Waals surface area contributed by atoms with Crippen LogP contribution in [0.15, 0.2) is 41.3 Å². The van der Waals surface area contributed by atoms with Crippen LogP contribution in [0, 0.1) is 0 Å². The summed E-state index contributed by atoms with van der Waals surface area (Å²) in [7, 11) is -2.21. The molecule has 1 aliphatic rings. The van der Waals surface area contributed by atoms with Crippen molar-refractivity contribution in [2.45, 2.75) is 31.3 Å². The minimum Gasteiger partial charge on any atom is -0.492 e. The minimum absolute atomic E-state index is 0.0853. The van der Waals surface area contributed by atoms with Crippen LogP contribution in [0.1, 0.15) is 29.8 Å². The Hall–Kier alpha value is -2.58. The second kappa shape index (κ2) is 7.58. The molecule has 0 radical (unpaired) electrons. The molecule has 0 spiro atoms. The molecule has 2 N–H and O–H groups in total. The number of hydrogen-bond acceptors (Lipinski definition) is 5. The van der Waals surface area contributed by atoms with Crippen LogP contribution < -0.4 is 19.5 Å². The van der Waals surface area contributed by atoms with Gasteiger partial charge in [0.15, 0.2) is 0 Å². The van der Waals surface area contributed by atoms with Gasteiger partial charge in [-0.25, -0.2) is 13.1 Å². The van der Waals surface area contributed by atoms with E-state index in [1.54, 1.807) is 6.07 Å². The maximum absolute atomic E-state index is 12.6. The minimum atomic E-state index is -3.54. The Kier molecular flexibility index (Phi) is 5.38. The fourth-order valence-corrected chi connectivity index (χ4v) is 3.64. The van der Waals surface area contributed by atoms with Gasteiger partial charge in [0, 0.05) is 23.6 Å². The molecule has 1 aliphatic heterocycles. The summed E-state index contributed by atoms with van der Waals surface area (Å²) in [4.78, 5) is 12.7. The lowest BCUT2D eigenvalue weighted by molar-refractivity contribution is 0.102. The lowest BCUT2D eigenvalue weighted by Gasteiger charge is -2.14. The van der Waals surface area contributed by atoms with Gasteiger partial charge in [0.05, 0.1) is 17.2 Å². The second-order valence-electron chi connectivity index (χ2n) is 6.21. The summed E-state index contributed by atoms with van der Waals surface area (Å²) in [5.74, 6) is 0.948. The van der Waals surface area contributed by atoms with Crippen molar-refractivity contribution in [3.05, 3.63) is 47.5 Å². The van der Waals surface area contributed by atoms with E-state index in [1.807, 2.05) is 19.9 Å². The van der Waals surface area contributed by atoms with Crippen molar-refractivity contribution < 1.29 is 22.7 Å². The van der Waals surface area contributed by atoms with Gasteiger partial charge in [-0.2, -0.15) is 0 Å². The van der Waals surface area contributed by atoms with E-state index in [0.29, 0.717) is 23.6 Å². The number of sulfonamides is 1. The van der Waals surface area contributed by atoms with Crippen molar-refractivity contribution in [3.8, 4) is 11.5 Å². The standard InChI is InChI=1S/C19H22N2O5S/c1-4-25-18-10-14-9-12(2)26-17(14)11-16(18)21-19(22)13-5-7-15(8-6-13)27(23,24)20-3/h5-8,10-12,20H,4,9H2,1-3H3,(H,21,22). The van der Waals surface area contributed by atoms with E-state index in [9.17, 15) is 13.2 Å². The third-order valence-corrected chi connectivity index (χ3v) is 5.67. The summed E-state index contributed by atoms with van der Waals surface area (Å²) in [6.45, 7) is 4.33. The van der Waals surface area contributed by atoms with Crippen molar-refractivity contribution in [2.24, 2.45) is 0 Å². The SMILES string of the molecule is CCOc1cc2c(cc1NC(=O)c1ccc(S(=O)(=O)NC)cc1)OC(C)C2. The van der Waals surface area contributed by atoms with Gasteiger partial charge >= 0.3 is 0 Å². The highest BCUT2D eigenvalue weighted by Crippen LogP contribution is 2.38. The van der Waals surface area contributed by atoms with Crippen molar-refractivity contribution >= 4 is 21.6 Å². The average molecular weight is 390 g/mol. The largest absolute Gasteiger partial charge is 0.492 e. The van der Waals surface area contributed by atoms with E-state index in [2.05, 4.69) is 10.0 Å². The van der Waals surface area contributed by atoms with Crippen LogP contribution in [0.3, 0.4) is 0 Å². The van der Waals surface area contributed by atoms with Gasteiger partial charge < -0.3 is 14.8 Å². The first-order valence-electron chi connectivity index (χ1n) is 8.65. The maximum Gasteiger partial charge on any atom is 0.255 e. The fourth-order valence-electron chi connectivity index (χ4n) is 2.91. The molecule has 2 aromatic rings. The normalized spacial score (nSPS) is 15.7. The van der Waals surface area contributed by atoms with Crippen molar-refractivity contribution in [3.63, 3.8) is 0 Å². The number of fused-ring (bicyclic) bond motifs is 1. The molecule has 7 nitrogen and oxygen atoms in total. The van der Waals surface area contributed by atoms with Gasteiger partial charge in [-0.3, -0.25) is 4.79 Å². The van der Waals surface area contributed by atoms with Crippen LogP contribution in [0.2, 0.25) is 0 Å². The lowest BCUT2D eigenvalue weighted by atomic mass is 10.1. The van der Waals surface area contributed by atoms with Crippen molar-refractivity contribution in [1.82, 2.24) is 4.72 Å². The highest BCUT2D eigenvalue weighted by atomic mass is 32.2. The third-order valence-electron chi connectivity index (χ3n) is 4.24. The smallest absolute Gasteiger partial charge is 0.255 e. The van der Waals surface area contributed by atoms with E-state index >= 15 is 0 Å². The maximum atomic E-state index is 12.6. The molecule has 0 saturated heterocycles. The topological polar surface area (TPSA) is 93.7 Å². The predicted molar refractivity (Wildman–Crippen MR) is 102 cm³/mol. The number of benzene rings is 2. The van der Waals surface area contributed by atoms with E-state index < -0.39 is 10.0 Å². The second-order valence-corrected chi connectivity index (χ2v) is 8.09. The van der Waals surface area contributed by atoms with Gasteiger partial charge in [-0.05, 0) is 51.2 Å². The summed E-state index contributed by atoms with van der Waals surface area (Å²) in [6, 6.07) is 9.36. The number of amides is 1. The highest BCUT2D eigenvalue weighted by molar-refractivity contribution is 7.89. The zero-order valence-corrected chi connectivity index (χ0v) is 16.2. The van der Waals surface area contributed by atoms with Crippen LogP contribution in [-0.4, -0.2) is 34.1 Å². The molecular weight excluding hydrogens is 368 g/mol. The molecule has 1 atom stereocenters. The van der Waals surface area contributed by atoms with Gasteiger partial charge in [0.2, 0.25) is 10.0 Å². The molecule has 3 rings (SSSR count). The molecule has 0 aromatic heterocycles. The first-order valence-corrected chi connectivity index (χ1v) is 10.1. The third kappa shape index (κ3) is 4.06. The number of anilines is 1. The first kappa shape index (κ1) is 19.2. The summed E-state index contributed by atoms with van der Waals surface area (Å²) < 4.78 is 37.2. The van der Waals surface area contributed by atoms with Crippen LogP contribution in [-0.2, 0) is 16.4 Å². The van der Waals surface area contributed by atoms with Gasteiger partial charge in [-0.1, -0.05) is 0 Å². The Morgan fingerprint density at radius 2 is 1.96 bits per heavy atom. The molecule has 8 heteroatoms. The summed E-state index contributed by atoms with van der Waals surface area (Å²) in [5.41, 5.74) is 1.90. The Balaban J connectivity index is 1.84. The Labute approximate surface area is 158 Å². The zero-order chi connectivity index (χ0) is 19.6. The fraction of sp³-hybridized carbons (Fsp3) is 0.316. The molecule has 1 unspecified atom stereocenters. The monoisotopic (exact) mass is 390 g/mol. The molecule has 1 heterocycles. The van der Waals surface area contributed by atoms with Crippen LogP contribution in [0.25, 0.3) is 0 Å². The molecule has 27 heavy (non-hydrogen) atoms. The predicted octanol–water partition coefficient (Wildman–Crippen LogP) is 2.57. The van der Waals surface area contributed by atoms with Crippen molar-refractivity contribution in [1.29, 1.82) is 0 Å². The molecular formula is C19H22N2O5S. The number of carbonyl (C=O) groups excluding carboxylic acids is 1. The van der Waals surface area contributed by atoms with E-state index in [1.165, 1.54) is 31.3 Å². The lowest BCUT2D eigenvalue weighted by Crippen LogP contribution is -2.19. The van der Waals surface area contributed by atoms with E-state index in [4.69, 9.17) is 9.47 Å². The Morgan fingerprint density at radius 3 is 2.59 bits per heavy atom. The number of carbonyl (C=O) groups is 1. The molecule has 0 aliphatic carbocycles. The quantitative estimate of drug-likeness (QED) is 0.791. The van der Waals surface area contributed by atoms with Gasteiger partial charge in [0.25, 0.3) is 5.91 Å². The molecule has 144 valence electrons. The van der Waals surface area contributed by atoms with Gasteiger partial charge in [-0.15, -0.1) is 0 Å². The van der Waals surface area contributed by atoms with E-state index in [0.717, 1.165) is 17.7 Å². The summed E-state index contributed by atoms with van der Waals surface area (Å²) >= 11 is 0. The molecule has 1 amide bonds. The molecule has 2 aromatic carbocycles. The first-order chi connectivity index (χ1) is 12.8. The molecule has 0 bridgehead atoms. The van der Waals surface area contributed by atoms with E-state index in [-0.39, 0.29) is 16.9 Å². The van der Waals surface area contributed by atoms with Crippen LogP contribution in [0.5, 0.6) is 11.5 Å². The molecule has 0 saturated carbocycles. The van der Waals surface area contributed by atoms with Crippen molar-refractivity contribution in [2.75, 3.05) is 19.0 Å². The van der Waals surface area contributed by atoms with Crippen LogP contribution >= 0.6 is 0 Å². The number of ether oxygens (including phenoxy) is 2. The average Bonchev–Trinajstić information content (AvgIpc) is 3.01. The zero-order valence-electron chi connectivity index (χ0n) is 15.4.